The van der Waals surface area contributed by atoms with Crippen LogP contribution in [0, 0.1) is 5.92 Å². The van der Waals surface area contributed by atoms with Gasteiger partial charge in [-0.3, -0.25) is 9.59 Å². The molecule has 0 aliphatic heterocycles. The average Bonchev–Trinajstić information content (AvgIpc) is 3.36. The molecule has 0 radical (unpaired) electrons. The molecule has 1 amide bonds. The SMILES string of the molecule is COc1cccc(OC)c1CC(=O)N(CC(C)C(=O)O)C1CC1. The number of benzene rings is 1. The molecule has 1 fully saturated rings. The Bertz CT molecular complexity index is 560. The minimum Gasteiger partial charge on any atom is -0.496 e. The summed E-state index contributed by atoms with van der Waals surface area (Å²) in [5, 5.41) is 9.09. The van der Waals surface area contributed by atoms with Crippen molar-refractivity contribution in [3.8, 4) is 11.5 Å². The maximum absolute atomic E-state index is 12.7. The third-order valence-corrected chi connectivity index (χ3v) is 4.06. The summed E-state index contributed by atoms with van der Waals surface area (Å²) in [6.07, 6.45) is 2.00. The fraction of sp³-hybridized carbons (Fsp3) is 0.529. The van der Waals surface area contributed by atoms with E-state index in [0.29, 0.717) is 17.1 Å². The first-order valence-corrected chi connectivity index (χ1v) is 7.70. The summed E-state index contributed by atoms with van der Waals surface area (Å²) < 4.78 is 10.6. The van der Waals surface area contributed by atoms with Crippen LogP contribution in [0.4, 0.5) is 0 Å². The molecule has 0 saturated heterocycles. The molecule has 1 aromatic carbocycles. The van der Waals surface area contributed by atoms with Gasteiger partial charge < -0.3 is 19.5 Å². The number of carboxylic acids is 1. The van der Waals surface area contributed by atoms with E-state index in [1.165, 1.54) is 0 Å². The molecule has 1 unspecified atom stereocenters. The average molecular weight is 321 g/mol. The van der Waals surface area contributed by atoms with Crippen molar-refractivity contribution in [3.63, 3.8) is 0 Å². The number of carbonyl (C=O) groups is 2. The number of ether oxygens (including phenoxy) is 2. The minimum absolute atomic E-state index is 0.0941. The number of carboxylic acid groups (broad SMARTS) is 1. The van der Waals surface area contributed by atoms with Crippen LogP contribution in [0.1, 0.15) is 25.3 Å². The van der Waals surface area contributed by atoms with Gasteiger partial charge in [-0.2, -0.15) is 0 Å². The lowest BCUT2D eigenvalue weighted by atomic mass is 10.1. The van der Waals surface area contributed by atoms with Crippen LogP contribution in [0.5, 0.6) is 11.5 Å². The van der Waals surface area contributed by atoms with Crippen LogP contribution in [-0.4, -0.2) is 48.7 Å². The minimum atomic E-state index is -0.890. The van der Waals surface area contributed by atoms with E-state index in [4.69, 9.17) is 14.6 Å². The molecule has 0 bridgehead atoms. The van der Waals surface area contributed by atoms with E-state index in [-0.39, 0.29) is 24.9 Å². The summed E-state index contributed by atoms with van der Waals surface area (Å²) in [5.41, 5.74) is 0.691. The van der Waals surface area contributed by atoms with Gasteiger partial charge in [-0.25, -0.2) is 0 Å². The molecule has 2 rings (SSSR count). The first kappa shape index (κ1) is 17.1. The monoisotopic (exact) mass is 321 g/mol. The highest BCUT2D eigenvalue weighted by Crippen LogP contribution is 2.32. The number of amides is 1. The summed E-state index contributed by atoms with van der Waals surface area (Å²) in [7, 11) is 3.10. The molecule has 6 nitrogen and oxygen atoms in total. The lowest BCUT2D eigenvalue weighted by molar-refractivity contribution is -0.143. The smallest absolute Gasteiger partial charge is 0.308 e. The first-order chi connectivity index (χ1) is 11.0. The predicted octanol–water partition coefficient (Wildman–Crippen LogP) is 1.96. The van der Waals surface area contributed by atoms with Crippen molar-refractivity contribution in [2.75, 3.05) is 20.8 Å². The second-order valence-corrected chi connectivity index (χ2v) is 5.83. The summed E-state index contributed by atoms with van der Waals surface area (Å²) in [6.45, 7) is 1.85. The van der Waals surface area contributed by atoms with Gasteiger partial charge in [-0.1, -0.05) is 13.0 Å². The van der Waals surface area contributed by atoms with Crippen molar-refractivity contribution in [2.45, 2.75) is 32.2 Å². The third-order valence-electron chi connectivity index (χ3n) is 4.06. The van der Waals surface area contributed by atoms with Gasteiger partial charge >= 0.3 is 5.97 Å². The number of methoxy groups -OCH3 is 2. The second-order valence-electron chi connectivity index (χ2n) is 5.83. The third kappa shape index (κ3) is 4.15. The molecule has 0 heterocycles. The maximum atomic E-state index is 12.7. The van der Waals surface area contributed by atoms with Crippen LogP contribution in [0.3, 0.4) is 0 Å². The summed E-state index contributed by atoms with van der Waals surface area (Å²) in [4.78, 5) is 25.5. The highest BCUT2D eigenvalue weighted by atomic mass is 16.5. The Morgan fingerprint density at radius 3 is 2.26 bits per heavy atom. The molecule has 0 aromatic heterocycles. The van der Waals surface area contributed by atoms with Crippen LogP contribution in [0.2, 0.25) is 0 Å². The predicted molar refractivity (Wildman–Crippen MR) is 84.8 cm³/mol. The molecular weight excluding hydrogens is 298 g/mol. The van der Waals surface area contributed by atoms with Gasteiger partial charge in [0.1, 0.15) is 11.5 Å². The van der Waals surface area contributed by atoms with E-state index in [9.17, 15) is 9.59 Å². The molecule has 1 aliphatic rings. The molecule has 1 aromatic rings. The standard InChI is InChI=1S/C17H23NO5/c1-11(17(20)21)10-18(12-7-8-12)16(19)9-13-14(22-2)5-4-6-15(13)23-3/h4-6,11-12H,7-10H2,1-3H3,(H,20,21). The van der Waals surface area contributed by atoms with E-state index in [1.807, 2.05) is 0 Å². The Balaban J connectivity index is 2.17. The fourth-order valence-corrected chi connectivity index (χ4v) is 2.57. The lowest BCUT2D eigenvalue weighted by Gasteiger charge is -2.25. The van der Waals surface area contributed by atoms with E-state index < -0.39 is 11.9 Å². The van der Waals surface area contributed by atoms with Crippen molar-refractivity contribution in [1.82, 2.24) is 4.90 Å². The van der Waals surface area contributed by atoms with Crippen LogP contribution in [0.15, 0.2) is 18.2 Å². The van der Waals surface area contributed by atoms with Crippen molar-refractivity contribution < 1.29 is 24.2 Å². The number of hydrogen-bond donors (Lipinski definition) is 1. The molecule has 23 heavy (non-hydrogen) atoms. The molecule has 1 aliphatic carbocycles. The van der Waals surface area contributed by atoms with Gasteiger partial charge in [-0.15, -0.1) is 0 Å². The van der Waals surface area contributed by atoms with Crippen molar-refractivity contribution in [2.24, 2.45) is 5.92 Å². The number of hydrogen-bond acceptors (Lipinski definition) is 4. The Kier molecular flexibility index (Phi) is 5.47. The van der Waals surface area contributed by atoms with E-state index in [2.05, 4.69) is 0 Å². The summed E-state index contributed by atoms with van der Waals surface area (Å²) in [5.74, 6) is -0.375. The molecule has 1 atom stereocenters. The largest absolute Gasteiger partial charge is 0.496 e. The van der Waals surface area contributed by atoms with Gasteiger partial charge in [0.2, 0.25) is 5.91 Å². The van der Waals surface area contributed by atoms with Gasteiger partial charge in [0, 0.05) is 18.2 Å². The zero-order chi connectivity index (χ0) is 17.0. The fourth-order valence-electron chi connectivity index (χ4n) is 2.57. The van der Waals surface area contributed by atoms with Crippen molar-refractivity contribution in [3.05, 3.63) is 23.8 Å². The number of nitrogens with zero attached hydrogens (tertiary/aromatic N) is 1. The Morgan fingerprint density at radius 2 is 1.83 bits per heavy atom. The Hall–Kier alpha value is -2.24. The number of aliphatic carboxylic acids is 1. The lowest BCUT2D eigenvalue weighted by Crippen LogP contribution is -2.39. The van der Waals surface area contributed by atoms with Gasteiger partial charge in [0.05, 0.1) is 26.6 Å². The number of carbonyl (C=O) groups excluding carboxylic acids is 1. The van der Waals surface area contributed by atoms with E-state index in [0.717, 1.165) is 12.8 Å². The van der Waals surface area contributed by atoms with Crippen LogP contribution in [-0.2, 0) is 16.0 Å². The quantitative estimate of drug-likeness (QED) is 0.792. The van der Waals surface area contributed by atoms with Crippen LogP contribution < -0.4 is 9.47 Å². The molecule has 6 heteroatoms. The van der Waals surface area contributed by atoms with Crippen molar-refractivity contribution >= 4 is 11.9 Å². The van der Waals surface area contributed by atoms with E-state index in [1.54, 1.807) is 44.2 Å². The molecule has 126 valence electrons. The van der Waals surface area contributed by atoms with Crippen LogP contribution >= 0.6 is 0 Å². The summed E-state index contributed by atoms with van der Waals surface area (Å²) in [6, 6.07) is 5.53. The van der Waals surface area contributed by atoms with E-state index >= 15 is 0 Å². The normalized spacial score (nSPS) is 14.9. The Morgan fingerprint density at radius 1 is 1.26 bits per heavy atom. The summed E-state index contributed by atoms with van der Waals surface area (Å²) >= 11 is 0. The van der Waals surface area contributed by atoms with Gasteiger partial charge in [0.15, 0.2) is 0 Å². The van der Waals surface area contributed by atoms with Crippen LogP contribution in [0.25, 0.3) is 0 Å². The zero-order valence-corrected chi connectivity index (χ0v) is 13.7. The van der Waals surface area contributed by atoms with Gasteiger partial charge in [-0.05, 0) is 25.0 Å². The highest BCUT2D eigenvalue weighted by Gasteiger charge is 2.35. The second kappa shape index (κ2) is 7.35. The first-order valence-electron chi connectivity index (χ1n) is 7.70. The number of rotatable bonds is 8. The molecule has 1 N–H and O–H groups in total. The Labute approximate surface area is 136 Å². The maximum Gasteiger partial charge on any atom is 0.308 e. The topological polar surface area (TPSA) is 76.1 Å². The highest BCUT2D eigenvalue weighted by molar-refractivity contribution is 5.82. The van der Waals surface area contributed by atoms with Crippen molar-refractivity contribution in [1.29, 1.82) is 0 Å². The zero-order valence-electron chi connectivity index (χ0n) is 13.7. The molecule has 1 saturated carbocycles. The molecule has 0 spiro atoms. The van der Waals surface area contributed by atoms with Gasteiger partial charge in [0.25, 0.3) is 0 Å². The molecular formula is C17H23NO5.